The Morgan fingerprint density at radius 3 is 2.58 bits per heavy atom. The van der Waals surface area contributed by atoms with E-state index in [4.69, 9.17) is 4.74 Å². The number of esters is 1. The Labute approximate surface area is 183 Å². The van der Waals surface area contributed by atoms with E-state index in [0.717, 1.165) is 30.6 Å². The highest BCUT2D eigenvalue weighted by Gasteiger charge is 2.41. The van der Waals surface area contributed by atoms with Crippen molar-refractivity contribution in [2.75, 3.05) is 12.0 Å². The number of hydrogen-bond acceptors (Lipinski definition) is 6. The third-order valence-electron chi connectivity index (χ3n) is 5.16. The summed E-state index contributed by atoms with van der Waals surface area (Å²) in [7, 11) is 1.31. The van der Waals surface area contributed by atoms with Crippen LogP contribution in [-0.2, 0) is 19.1 Å². The number of ether oxygens (including phenoxy) is 1. The molecule has 31 heavy (non-hydrogen) atoms. The van der Waals surface area contributed by atoms with Crippen molar-refractivity contribution in [3.05, 3.63) is 47.2 Å². The summed E-state index contributed by atoms with van der Waals surface area (Å²) in [6.45, 7) is 1.33. The Morgan fingerprint density at radius 2 is 1.94 bits per heavy atom. The maximum Gasteiger partial charge on any atom is 0.331 e. The molecule has 0 bridgehead atoms. The largest absolute Gasteiger partial charge is 0.467 e. The summed E-state index contributed by atoms with van der Waals surface area (Å²) >= 11 is 1.15. The van der Waals surface area contributed by atoms with Crippen LogP contribution in [0.1, 0.15) is 44.7 Å². The first-order valence-electron chi connectivity index (χ1n) is 9.96. The van der Waals surface area contributed by atoms with Crippen molar-refractivity contribution in [3.63, 3.8) is 0 Å². The quantitative estimate of drug-likeness (QED) is 0.537. The Bertz CT molecular complexity index is 998. The minimum absolute atomic E-state index is 0.106. The van der Waals surface area contributed by atoms with Crippen LogP contribution in [0.3, 0.4) is 0 Å². The van der Waals surface area contributed by atoms with Crippen molar-refractivity contribution in [3.8, 4) is 0 Å². The van der Waals surface area contributed by atoms with E-state index in [-0.39, 0.29) is 16.7 Å². The minimum Gasteiger partial charge on any atom is -0.467 e. The second kappa shape index (κ2) is 9.82. The van der Waals surface area contributed by atoms with Gasteiger partial charge in [0.25, 0.3) is 0 Å². The smallest absolute Gasteiger partial charge is 0.331 e. The third kappa shape index (κ3) is 5.16. The van der Waals surface area contributed by atoms with Gasteiger partial charge in [-0.15, -0.1) is 11.3 Å². The monoisotopic (exact) mass is 445 g/mol. The van der Waals surface area contributed by atoms with Crippen LogP contribution in [0.15, 0.2) is 35.7 Å². The standard InChI is InChI=1S/C22H24FN3O4S/c1-15(27)26(18-9-5-4-8-17(18)23)21-24-16(14-31-21)10-11-19(28)25-22(20(29)30-2)12-6-3-7-13-22/h4-5,8-11,14H,3,6-7,12-13H2,1-2H3,(H,25,28)/b11-10+. The van der Waals surface area contributed by atoms with Gasteiger partial charge in [0.15, 0.2) is 5.13 Å². The van der Waals surface area contributed by atoms with Crippen molar-refractivity contribution < 1.29 is 23.5 Å². The molecule has 1 saturated carbocycles. The molecule has 1 aliphatic rings. The molecule has 1 aromatic heterocycles. The average molecular weight is 446 g/mol. The third-order valence-corrected chi connectivity index (χ3v) is 6.00. The molecular formula is C22H24FN3O4S. The zero-order valence-electron chi connectivity index (χ0n) is 17.4. The number of carbonyl (C=O) groups is 3. The normalized spacial score (nSPS) is 15.5. The second-order valence-corrected chi connectivity index (χ2v) is 8.15. The van der Waals surface area contributed by atoms with Crippen LogP contribution in [0.25, 0.3) is 6.08 Å². The van der Waals surface area contributed by atoms with E-state index in [2.05, 4.69) is 10.3 Å². The van der Waals surface area contributed by atoms with E-state index < -0.39 is 23.2 Å². The Kier molecular flexibility index (Phi) is 7.17. The van der Waals surface area contributed by atoms with Crippen LogP contribution in [0.4, 0.5) is 15.2 Å². The molecule has 0 aliphatic heterocycles. The van der Waals surface area contributed by atoms with Crippen LogP contribution in [0.5, 0.6) is 0 Å². The number of anilines is 2. The van der Waals surface area contributed by atoms with Crippen molar-refractivity contribution in [2.45, 2.75) is 44.6 Å². The van der Waals surface area contributed by atoms with Gasteiger partial charge in [-0.2, -0.15) is 0 Å². The van der Waals surface area contributed by atoms with Gasteiger partial charge in [0.05, 0.1) is 18.5 Å². The summed E-state index contributed by atoms with van der Waals surface area (Å²) in [6.07, 6.45) is 6.55. The van der Waals surface area contributed by atoms with Crippen molar-refractivity contribution >= 4 is 46.0 Å². The fraction of sp³-hybridized carbons (Fsp3) is 0.364. The summed E-state index contributed by atoms with van der Waals surface area (Å²) in [5.74, 6) is -1.79. The first kappa shape index (κ1) is 22.6. The van der Waals surface area contributed by atoms with E-state index in [1.807, 2.05) is 0 Å². The Balaban J connectivity index is 1.75. The van der Waals surface area contributed by atoms with E-state index in [0.29, 0.717) is 18.5 Å². The molecule has 1 aromatic carbocycles. The zero-order chi connectivity index (χ0) is 22.4. The van der Waals surface area contributed by atoms with Crippen LogP contribution in [-0.4, -0.2) is 35.4 Å². The van der Waals surface area contributed by atoms with Gasteiger partial charge in [-0.25, -0.2) is 14.2 Å². The van der Waals surface area contributed by atoms with E-state index in [1.54, 1.807) is 17.5 Å². The highest BCUT2D eigenvalue weighted by molar-refractivity contribution is 7.14. The molecule has 0 unspecified atom stereocenters. The Morgan fingerprint density at radius 1 is 1.23 bits per heavy atom. The number of hydrogen-bond donors (Lipinski definition) is 1. The Hall–Kier alpha value is -3.07. The number of benzene rings is 1. The molecular weight excluding hydrogens is 421 g/mol. The molecule has 0 radical (unpaired) electrons. The molecule has 2 aromatic rings. The molecule has 7 nitrogen and oxygen atoms in total. The molecule has 1 aliphatic carbocycles. The van der Waals surface area contributed by atoms with Crippen LogP contribution >= 0.6 is 11.3 Å². The van der Waals surface area contributed by atoms with Crippen molar-refractivity contribution in [1.82, 2.24) is 10.3 Å². The summed E-state index contributed by atoms with van der Waals surface area (Å²) in [4.78, 5) is 42.4. The lowest BCUT2D eigenvalue weighted by atomic mass is 9.81. The lowest BCUT2D eigenvalue weighted by Crippen LogP contribution is -2.55. The molecule has 9 heteroatoms. The SMILES string of the molecule is COC(=O)C1(NC(=O)/C=C/c2csc(N(C(C)=O)c3ccccc3F)n2)CCCCC1. The van der Waals surface area contributed by atoms with Crippen LogP contribution in [0, 0.1) is 5.82 Å². The van der Waals surface area contributed by atoms with E-state index >= 15 is 0 Å². The van der Waals surface area contributed by atoms with Crippen LogP contribution < -0.4 is 10.2 Å². The highest BCUT2D eigenvalue weighted by atomic mass is 32.1. The van der Waals surface area contributed by atoms with Crippen LogP contribution in [0.2, 0.25) is 0 Å². The minimum atomic E-state index is -1.00. The molecule has 0 atom stereocenters. The van der Waals surface area contributed by atoms with Gasteiger partial charge >= 0.3 is 5.97 Å². The maximum absolute atomic E-state index is 14.2. The van der Waals surface area contributed by atoms with Gasteiger partial charge in [0.1, 0.15) is 11.4 Å². The van der Waals surface area contributed by atoms with Gasteiger partial charge in [0.2, 0.25) is 11.8 Å². The fourth-order valence-corrected chi connectivity index (χ4v) is 4.51. The molecule has 1 fully saturated rings. The average Bonchev–Trinajstić information content (AvgIpc) is 3.22. The van der Waals surface area contributed by atoms with E-state index in [1.165, 1.54) is 43.2 Å². The number of carbonyl (C=O) groups excluding carboxylic acids is 3. The molecule has 1 N–H and O–H groups in total. The number of amides is 2. The lowest BCUT2D eigenvalue weighted by Gasteiger charge is -2.34. The van der Waals surface area contributed by atoms with Crippen molar-refractivity contribution in [1.29, 1.82) is 0 Å². The van der Waals surface area contributed by atoms with E-state index in [9.17, 15) is 18.8 Å². The number of rotatable bonds is 6. The number of nitrogens with one attached hydrogen (secondary N) is 1. The number of nitrogens with zero attached hydrogens (tertiary/aromatic N) is 2. The van der Waals surface area contributed by atoms with Gasteiger partial charge in [0, 0.05) is 18.4 Å². The molecule has 0 saturated heterocycles. The molecule has 3 rings (SSSR count). The first-order valence-corrected chi connectivity index (χ1v) is 10.8. The van der Waals surface area contributed by atoms with Gasteiger partial charge in [-0.05, 0) is 31.1 Å². The second-order valence-electron chi connectivity index (χ2n) is 7.32. The molecule has 164 valence electrons. The number of halogens is 1. The summed E-state index contributed by atoms with van der Waals surface area (Å²) < 4.78 is 19.1. The molecule has 0 spiro atoms. The van der Waals surface area contributed by atoms with Gasteiger partial charge in [-0.1, -0.05) is 31.4 Å². The first-order chi connectivity index (χ1) is 14.9. The number of thiazole rings is 1. The predicted molar refractivity (Wildman–Crippen MR) is 116 cm³/mol. The van der Waals surface area contributed by atoms with Gasteiger partial charge in [-0.3, -0.25) is 14.5 Å². The summed E-state index contributed by atoms with van der Waals surface area (Å²) in [5.41, 5.74) is -0.457. The number of methoxy groups -OCH3 is 1. The zero-order valence-corrected chi connectivity index (χ0v) is 18.2. The topological polar surface area (TPSA) is 88.6 Å². The lowest BCUT2D eigenvalue weighted by molar-refractivity contribution is -0.152. The molecule has 1 heterocycles. The predicted octanol–water partition coefficient (Wildman–Crippen LogP) is 3.97. The number of aromatic nitrogens is 1. The van der Waals surface area contributed by atoms with Gasteiger partial charge < -0.3 is 10.1 Å². The van der Waals surface area contributed by atoms with Crippen molar-refractivity contribution in [2.24, 2.45) is 0 Å². The molecule has 2 amide bonds. The number of para-hydroxylation sites is 1. The summed E-state index contributed by atoms with van der Waals surface area (Å²) in [5, 5.41) is 4.74. The summed E-state index contributed by atoms with van der Waals surface area (Å²) in [6, 6.07) is 5.94. The fourth-order valence-electron chi connectivity index (χ4n) is 3.67. The maximum atomic E-state index is 14.2. The highest BCUT2D eigenvalue weighted by Crippen LogP contribution is 2.31.